The highest BCUT2D eigenvalue weighted by atomic mass is 32.2. The van der Waals surface area contributed by atoms with Gasteiger partial charge in [0.25, 0.3) is 5.69 Å². The Morgan fingerprint density at radius 3 is 2.80 bits per heavy atom. The molecule has 25 heavy (non-hydrogen) atoms. The van der Waals surface area contributed by atoms with Gasteiger partial charge in [0, 0.05) is 17.4 Å². The van der Waals surface area contributed by atoms with E-state index in [9.17, 15) is 20.2 Å². The van der Waals surface area contributed by atoms with E-state index in [1.165, 1.54) is 23.9 Å². The molecule has 0 amide bonds. The Morgan fingerprint density at radius 2 is 2.16 bits per heavy atom. The van der Waals surface area contributed by atoms with Crippen LogP contribution in [0, 0.1) is 28.4 Å². The number of carbonyl (C=O) groups excluding carboxylic acids is 1. The fraction of sp³-hybridized carbons (Fsp3) is 0.235. The molecular formula is C17H15N3O4S. The third-order valence-corrected chi connectivity index (χ3v) is 4.39. The molecule has 0 aliphatic rings. The van der Waals surface area contributed by atoms with E-state index >= 15 is 0 Å². The van der Waals surface area contributed by atoms with Crippen molar-refractivity contribution < 1.29 is 14.5 Å². The summed E-state index contributed by atoms with van der Waals surface area (Å²) in [7, 11) is 0. The summed E-state index contributed by atoms with van der Waals surface area (Å²) in [5.41, 5.74) is 1.48. The lowest BCUT2D eigenvalue weighted by atomic mass is 10.1. The molecule has 2 rings (SSSR count). The van der Waals surface area contributed by atoms with Crippen molar-refractivity contribution in [3.8, 4) is 6.07 Å². The maximum Gasteiger partial charge on any atom is 0.340 e. The molecule has 0 spiro atoms. The first-order valence-electron chi connectivity index (χ1n) is 7.41. The second-order valence-electron chi connectivity index (χ2n) is 4.98. The monoisotopic (exact) mass is 357 g/mol. The zero-order valence-electron chi connectivity index (χ0n) is 13.7. The number of aromatic nitrogens is 1. The largest absolute Gasteiger partial charge is 0.462 e. The van der Waals surface area contributed by atoms with E-state index in [2.05, 4.69) is 4.98 Å². The molecule has 0 saturated carbocycles. The molecule has 0 N–H and O–H groups in total. The van der Waals surface area contributed by atoms with Gasteiger partial charge >= 0.3 is 5.97 Å². The zero-order chi connectivity index (χ0) is 18.4. The molecule has 1 aromatic carbocycles. The second-order valence-corrected chi connectivity index (χ2v) is 5.94. The smallest absolute Gasteiger partial charge is 0.340 e. The number of hydrogen-bond donors (Lipinski definition) is 0. The van der Waals surface area contributed by atoms with Gasteiger partial charge in [0.15, 0.2) is 0 Å². The van der Waals surface area contributed by atoms with Crippen LogP contribution in [0.5, 0.6) is 0 Å². The van der Waals surface area contributed by atoms with Gasteiger partial charge < -0.3 is 4.74 Å². The maximum atomic E-state index is 11.9. The Hall–Kier alpha value is -2.92. The number of thioether (sulfide) groups is 1. The van der Waals surface area contributed by atoms with Gasteiger partial charge in [-0.05, 0) is 19.9 Å². The molecule has 0 aliphatic carbocycles. The molecule has 0 unspecified atom stereocenters. The molecular weight excluding hydrogens is 342 g/mol. The summed E-state index contributed by atoms with van der Waals surface area (Å²) in [6.45, 7) is 3.58. The van der Waals surface area contributed by atoms with Crippen LogP contribution in [0.15, 0.2) is 35.4 Å². The lowest BCUT2D eigenvalue weighted by Crippen LogP contribution is -2.09. The number of ether oxygens (including phenoxy) is 1. The molecule has 0 bridgehead atoms. The van der Waals surface area contributed by atoms with Crippen LogP contribution in [0.2, 0.25) is 0 Å². The summed E-state index contributed by atoms with van der Waals surface area (Å²) in [5.74, 6) is -0.240. The normalized spacial score (nSPS) is 10.1. The number of aryl methyl sites for hydroxylation is 1. The molecule has 1 aromatic heterocycles. The van der Waals surface area contributed by atoms with Crippen LogP contribution in [0.4, 0.5) is 5.69 Å². The molecule has 0 saturated heterocycles. The van der Waals surface area contributed by atoms with Crippen LogP contribution in [0.3, 0.4) is 0 Å². The number of rotatable bonds is 6. The van der Waals surface area contributed by atoms with Crippen molar-refractivity contribution >= 4 is 23.4 Å². The summed E-state index contributed by atoms with van der Waals surface area (Å²) < 4.78 is 4.95. The topological polar surface area (TPSA) is 106 Å². The first kappa shape index (κ1) is 18.4. The van der Waals surface area contributed by atoms with E-state index in [1.807, 2.05) is 6.07 Å². The number of carbonyl (C=O) groups is 1. The van der Waals surface area contributed by atoms with Gasteiger partial charge in [-0.1, -0.05) is 18.2 Å². The minimum absolute atomic E-state index is 0.0216. The average molecular weight is 357 g/mol. The van der Waals surface area contributed by atoms with E-state index in [4.69, 9.17) is 4.74 Å². The predicted molar refractivity (Wildman–Crippen MR) is 92.3 cm³/mol. The van der Waals surface area contributed by atoms with Gasteiger partial charge in [0.1, 0.15) is 11.1 Å². The molecule has 128 valence electrons. The third kappa shape index (κ3) is 4.33. The zero-order valence-corrected chi connectivity index (χ0v) is 14.5. The first-order chi connectivity index (χ1) is 12.0. The lowest BCUT2D eigenvalue weighted by molar-refractivity contribution is -0.385. The lowest BCUT2D eigenvalue weighted by Gasteiger charge is -2.09. The molecule has 0 atom stereocenters. The Morgan fingerprint density at radius 1 is 1.44 bits per heavy atom. The summed E-state index contributed by atoms with van der Waals surface area (Å²) >= 11 is 1.21. The van der Waals surface area contributed by atoms with E-state index in [0.717, 1.165) is 0 Å². The average Bonchev–Trinajstić information content (AvgIpc) is 2.60. The molecule has 0 aliphatic heterocycles. The van der Waals surface area contributed by atoms with Crippen LogP contribution < -0.4 is 0 Å². The first-order valence-corrected chi connectivity index (χ1v) is 8.40. The Kier molecular flexibility index (Phi) is 6.08. The minimum atomic E-state index is -0.528. The highest BCUT2D eigenvalue weighted by molar-refractivity contribution is 7.98. The van der Waals surface area contributed by atoms with E-state index in [-0.39, 0.29) is 29.2 Å². The van der Waals surface area contributed by atoms with Crippen LogP contribution in [0.25, 0.3) is 0 Å². The van der Waals surface area contributed by atoms with Gasteiger partial charge in [-0.3, -0.25) is 10.1 Å². The van der Waals surface area contributed by atoms with Gasteiger partial charge in [-0.15, -0.1) is 11.8 Å². The highest BCUT2D eigenvalue weighted by Crippen LogP contribution is 2.29. The van der Waals surface area contributed by atoms with Crippen LogP contribution in [-0.4, -0.2) is 22.5 Å². The number of esters is 1. The Bertz CT molecular complexity index is 861. The SMILES string of the molecule is CCOC(=O)c1cc(C#N)c(SCc2ccccc2[N+](=O)[O-])nc1C. The number of pyridine rings is 1. The number of nitro groups is 1. The van der Waals surface area contributed by atoms with E-state index in [1.54, 1.807) is 32.0 Å². The second kappa shape index (κ2) is 8.26. The highest BCUT2D eigenvalue weighted by Gasteiger charge is 2.18. The Balaban J connectivity index is 2.29. The summed E-state index contributed by atoms with van der Waals surface area (Å²) in [6, 6.07) is 9.87. The van der Waals surface area contributed by atoms with Crippen molar-refractivity contribution in [2.45, 2.75) is 24.6 Å². The van der Waals surface area contributed by atoms with Crippen molar-refractivity contribution in [1.82, 2.24) is 4.98 Å². The van der Waals surface area contributed by atoms with Crippen molar-refractivity contribution in [3.63, 3.8) is 0 Å². The van der Waals surface area contributed by atoms with Crippen molar-refractivity contribution in [2.24, 2.45) is 0 Å². The third-order valence-electron chi connectivity index (χ3n) is 3.35. The van der Waals surface area contributed by atoms with Crippen LogP contribution in [-0.2, 0) is 10.5 Å². The van der Waals surface area contributed by atoms with E-state index in [0.29, 0.717) is 16.3 Å². The maximum absolute atomic E-state index is 11.9. The number of hydrogen-bond acceptors (Lipinski definition) is 7. The van der Waals surface area contributed by atoms with Crippen molar-refractivity contribution in [1.29, 1.82) is 5.26 Å². The van der Waals surface area contributed by atoms with Gasteiger partial charge in [0.2, 0.25) is 0 Å². The minimum Gasteiger partial charge on any atom is -0.462 e. The molecule has 7 nitrogen and oxygen atoms in total. The van der Waals surface area contributed by atoms with E-state index < -0.39 is 10.9 Å². The standard InChI is InChI=1S/C17H15N3O4S/c1-3-24-17(21)14-8-13(9-18)16(19-11(14)2)25-10-12-6-4-5-7-15(12)20(22)23/h4-8H,3,10H2,1-2H3. The van der Waals surface area contributed by atoms with Crippen LogP contribution in [0.1, 0.15) is 34.1 Å². The number of nitro benzene ring substituents is 1. The Labute approximate surface area is 148 Å². The van der Waals surface area contributed by atoms with Crippen molar-refractivity contribution in [3.05, 3.63) is 62.8 Å². The number of benzene rings is 1. The van der Waals surface area contributed by atoms with Crippen LogP contribution >= 0.6 is 11.8 Å². The summed E-state index contributed by atoms with van der Waals surface area (Å²) in [4.78, 5) is 26.8. The van der Waals surface area contributed by atoms with Crippen molar-refractivity contribution in [2.75, 3.05) is 6.61 Å². The molecule has 2 aromatic rings. The van der Waals surface area contributed by atoms with Gasteiger partial charge in [-0.2, -0.15) is 5.26 Å². The number of nitriles is 1. The fourth-order valence-electron chi connectivity index (χ4n) is 2.15. The van der Waals surface area contributed by atoms with Gasteiger partial charge in [-0.25, -0.2) is 9.78 Å². The quantitative estimate of drug-likeness (QED) is 0.336. The number of para-hydroxylation sites is 1. The number of nitrogens with zero attached hydrogens (tertiary/aromatic N) is 3. The predicted octanol–water partition coefficient (Wildman–Crippen LogP) is 3.64. The molecule has 0 radical (unpaired) electrons. The molecule has 1 heterocycles. The summed E-state index contributed by atoms with van der Waals surface area (Å²) in [5, 5.41) is 20.8. The molecule has 0 fully saturated rings. The molecule has 8 heteroatoms. The fourth-order valence-corrected chi connectivity index (χ4v) is 3.14. The van der Waals surface area contributed by atoms with Gasteiger partial charge in [0.05, 0.1) is 28.4 Å². The summed E-state index contributed by atoms with van der Waals surface area (Å²) in [6.07, 6.45) is 0.